The van der Waals surface area contributed by atoms with Crippen molar-refractivity contribution in [2.45, 2.75) is 26.0 Å². The van der Waals surface area contributed by atoms with E-state index in [9.17, 15) is 9.59 Å². The highest BCUT2D eigenvalue weighted by Crippen LogP contribution is 2.20. The summed E-state index contributed by atoms with van der Waals surface area (Å²) in [7, 11) is 0. The zero-order chi connectivity index (χ0) is 23.5. The lowest BCUT2D eigenvalue weighted by Gasteiger charge is -2.12. The molecule has 0 fully saturated rings. The van der Waals surface area contributed by atoms with E-state index in [0.717, 1.165) is 16.7 Å². The van der Waals surface area contributed by atoms with Crippen molar-refractivity contribution in [2.24, 2.45) is 0 Å². The van der Waals surface area contributed by atoms with Crippen LogP contribution in [0.15, 0.2) is 67.0 Å². The highest BCUT2D eigenvalue weighted by molar-refractivity contribution is 5.67. The third-order valence-corrected chi connectivity index (χ3v) is 4.71. The monoisotopic (exact) mass is 450 g/mol. The fourth-order valence-corrected chi connectivity index (χ4v) is 2.96. The van der Waals surface area contributed by atoms with Crippen LogP contribution in [0.1, 0.15) is 30.5 Å². The first-order chi connectivity index (χ1) is 16.0. The van der Waals surface area contributed by atoms with Gasteiger partial charge in [-0.15, -0.1) is 0 Å². The minimum absolute atomic E-state index is 0.230. The van der Waals surface area contributed by atoms with Gasteiger partial charge in [-0.3, -0.25) is 0 Å². The third-order valence-electron chi connectivity index (χ3n) is 4.71. The topological polar surface area (TPSA) is 123 Å². The number of carbonyl (C=O) groups is 2. The Morgan fingerprint density at radius 2 is 1.73 bits per heavy atom. The van der Waals surface area contributed by atoms with E-state index in [4.69, 9.17) is 14.6 Å². The van der Waals surface area contributed by atoms with Crippen LogP contribution >= 0.6 is 0 Å². The fourth-order valence-electron chi connectivity index (χ4n) is 2.96. The van der Waals surface area contributed by atoms with Crippen molar-refractivity contribution in [1.82, 2.24) is 20.6 Å². The minimum Gasteiger partial charge on any atom is -0.490 e. The van der Waals surface area contributed by atoms with E-state index in [1.54, 1.807) is 19.3 Å². The molecule has 0 spiro atoms. The van der Waals surface area contributed by atoms with Gasteiger partial charge in [0.2, 0.25) is 0 Å². The summed E-state index contributed by atoms with van der Waals surface area (Å²) in [6, 6.07) is 16.5. The molecule has 1 heterocycles. The molecule has 172 valence electrons. The molecule has 0 aliphatic carbocycles. The minimum atomic E-state index is -1.07. The molecule has 33 heavy (non-hydrogen) atoms. The fraction of sp³-hybridized carbons (Fsp3) is 0.250. The number of nitrogens with zero attached hydrogens (tertiary/aromatic N) is 2. The Balaban J connectivity index is 1.36. The Kier molecular flexibility index (Phi) is 8.58. The number of hydrogen-bond donors (Lipinski definition) is 3. The van der Waals surface area contributed by atoms with Crippen LogP contribution in [0.2, 0.25) is 0 Å². The Labute approximate surface area is 191 Å². The molecule has 1 unspecified atom stereocenters. The summed E-state index contributed by atoms with van der Waals surface area (Å²) in [5.41, 5.74) is 2.59. The summed E-state index contributed by atoms with van der Waals surface area (Å²) in [6.45, 7) is 2.82. The Bertz CT molecular complexity index is 1030. The van der Waals surface area contributed by atoms with Gasteiger partial charge in [-0.2, -0.15) is 0 Å². The molecule has 0 aliphatic rings. The molecular formula is C24H26N4O5. The van der Waals surface area contributed by atoms with Gasteiger partial charge in [-0.25, -0.2) is 19.6 Å². The molecule has 2 aromatic carbocycles. The SMILES string of the molecule is CC(NC(=O)O)c1ccc(-c2ncc(OCCCNC(=O)OCc3ccccc3)cn2)cc1. The first kappa shape index (κ1) is 23.5. The Morgan fingerprint density at radius 1 is 1.03 bits per heavy atom. The van der Waals surface area contributed by atoms with Crippen molar-refractivity contribution in [3.05, 3.63) is 78.1 Å². The molecule has 0 bridgehead atoms. The number of benzene rings is 2. The molecule has 3 aromatic rings. The zero-order valence-corrected chi connectivity index (χ0v) is 18.2. The van der Waals surface area contributed by atoms with Crippen molar-refractivity contribution in [2.75, 3.05) is 13.2 Å². The van der Waals surface area contributed by atoms with Crippen LogP contribution in [0.5, 0.6) is 5.75 Å². The van der Waals surface area contributed by atoms with E-state index in [-0.39, 0.29) is 12.6 Å². The number of nitrogens with one attached hydrogen (secondary N) is 2. The van der Waals surface area contributed by atoms with E-state index >= 15 is 0 Å². The van der Waals surface area contributed by atoms with E-state index in [1.807, 2.05) is 54.6 Å². The second kappa shape index (κ2) is 12.0. The number of ether oxygens (including phenoxy) is 2. The van der Waals surface area contributed by atoms with Crippen LogP contribution in [0.3, 0.4) is 0 Å². The summed E-state index contributed by atoms with van der Waals surface area (Å²) in [4.78, 5) is 31.1. The van der Waals surface area contributed by atoms with Gasteiger partial charge in [0.15, 0.2) is 11.6 Å². The van der Waals surface area contributed by atoms with E-state index in [0.29, 0.717) is 31.1 Å². The normalized spacial score (nSPS) is 11.3. The molecule has 1 atom stereocenters. The average Bonchev–Trinajstić information content (AvgIpc) is 2.83. The second-order valence-corrected chi connectivity index (χ2v) is 7.23. The number of aromatic nitrogens is 2. The summed E-state index contributed by atoms with van der Waals surface area (Å²) < 4.78 is 10.8. The Hall–Kier alpha value is -4.14. The molecule has 9 heteroatoms. The number of alkyl carbamates (subject to hydrolysis) is 1. The van der Waals surface area contributed by atoms with Gasteiger partial charge in [-0.1, -0.05) is 54.6 Å². The lowest BCUT2D eigenvalue weighted by atomic mass is 10.1. The van der Waals surface area contributed by atoms with Gasteiger partial charge in [0.25, 0.3) is 0 Å². The number of amides is 2. The van der Waals surface area contributed by atoms with Gasteiger partial charge < -0.3 is 25.2 Å². The van der Waals surface area contributed by atoms with Crippen molar-refractivity contribution in [3.8, 4) is 17.1 Å². The molecule has 9 nitrogen and oxygen atoms in total. The van der Waals surface area contributed by atoms with Crippen molar-refractivity contribution >= 4 is 12.2 Å². The molecule has 0 saturated heterocycles. The predicted octanol–water partition coefficient (Wildman–Crippen LogP) is 4.17. The standard InChI is InChI=1S/C24H26N4O5/c1-17(28-23(29)30)19-8-10-20(11-9-19)22-26-14-21(15-27-22)32-13-5-12-25-24(31)33-16-18-6-3-2-4-7-18/h2-4,6-11,14-15,17,28H,5,12-13,16H2,1H3,(H,25,31)(H,29,30). The molecule has 3 N–H and O–H groups in total. The lowest BCUT2D eigenvalue weighted by Crippen LogP contribution is -2.26. The molecule has 0 radical (unpaired) electrons. The van der Waals surface area contributed by atoms with Gasteiger partial charge in [-0.05, 0) is 24.5 Å². The van der Waals surface area contributed by atoms with E-state index in [1.165, 1.54) is 0 Å². The van der Waals surface area contributed by atoms with Crippen molar-refractivity contribution in [1.29, 1.82) is 0 Å². The maximum absolute atomic E-state index is 11.7. The first-order valence-electron chi connectivity index (χ1n) is 10.5. The molecule has 0 saturated carbocycles. The summed E-state index contributed by atoms with van der Waals surface area (Å²) >= 11 is 0. The zero-order valence-electron chi connectivity index (χ0n) is 18.2. The lowest BCUT2D eigenvalue weighted by molar-refractivity contribution is 0.139. The van der Waals surface area contributed by atoms with Crippen LogP contribution in [0, 0.1) is 0 Å². The van der Waals surface area contributed by atoms with Crippen LogP contribution in [-0.4, -0.2) is 40.4 Å². The maximum Gasteiger partial charge on any atom is 0.407 e. The third kappa shape index (κ3) is 7.80. The highest BCUT2D eigenvalue weighted by Gasteiger charge is 2.09. The van der Waals surface area contributed by atoms with Crippen LogP contribution in [0.25, 0.3) is 11.4 Å². The number of carbonyl (C=O) groups excluding carboxylic acids is 1. The molecule has 3 rings (SSSR count). The number of hydrogen-bond acceptors (Lipinski definition) is 6. The largest absolute Gasteiger partial charge is 0.490 e. The van der Waals surface area contributed by atoms with Crippen LogP contribution in [0.4, 0.5) is 9.59 Å². The number of rotatable bonds is 10. The summed E-state index contributed by atoms with van der Waals surface area (Å²) in [5.74, 6) is 1.07. The van der Waals surface area contributed by atoms with Gasteiger partial charge in [0.1, 0.15) is 6.61 Å². The van der Waals surface area contributed by atoms with Crippen molar-refractivity contribution in [3.63, 3.8) is 0 Å². The van der Waals surface area contributed by atoms with Gasteiger partial charge >= 0.3 is 12.2 Å². The second-order valence-electron chi connectivity index (χ2n) is 7.23. The highest BCUT2D eigenvalue weighted by atomic mass is 16.5. The van der Waals surface area contributed by atoms with Crippen LogP contribution in [-0.2, 0) is 11.3 Å². The van der Waals surface area contributed by atoms with Gasteiger partial charge in [0.05, 0.1) is 25.0 Å². The average molecular weight is 450 g/mol. The number of carboxylic acid groups (broad SMARTS) is 1. The Morgan fingerprint density at radius 3 is 2.39 bits per heavy atom. The smallest absolute Gasteiger partial charge is 0.407 e. The molecule has 1 aromatic heterocycles. The van der Waals surface area contributed by atoms with Gasteiger partial charge in [0, 0.05) is 12.1 Å². The predicted molar refractivity (Wildman–Crippen MR) is 122 cm³/mol. The molecular weight excluding hydrogens is 424 g/mol. The van der Waals surface area contributed by atoms with E-state index in [2.05, 4.69) is 20.6 Å². The van der Waals surface area contributed by atoms with Crippen LogP contribution < -0.4 is 15.4 Å². The summed E-state index contributed by atoms with van der Waals surface area (Å²) in [5, 5.41) is 13.9. The quantitative estimate of drug-likeness (QED) is 0.396. The first-order valence-corrected chi connectivity index (χ1v) is 10.5. The summed E-state index contributed by atoms with van der Waals surface area (Å²) in [6.07, 6.45) is 2.25. The van der Waals surface area contributed by atoms with Crippen molar-refractivity contribution < 1.29 is 24.2 Å². The molecule has 2 amide bonds. The maximum atomic E-state index is 11.7. The van der Waals surface area contributed by atoms with E-state index < -0.39 is 12.2 Å². The molecule has 0 aliphatic heterocycles.